The molecule has 6 atom stereocenters. The van der Waals surface area contributed by atoms with Gasteiger partial charge in [0.25, 0.3) is 0 Å². The van der Waals surface area contributed by atoms with Crippen molar-refractivity contribution in [3.05, 3.63) is 71.8 Å². The van der Waals surface area contributed by atoms with Gasteiger partial charge in [-0.05, 0) is 85.9 Å². The molecule has 2 aromatic rings. The van der Waals surface area contributed by atoms with Gasteiger partial charge in [0.2, 0.25) is 12.6 Å². The zero-order chi connectivity index (χ0) is 40.5. The fourth-order valence-electron chi connectivity index (χ4n) is 9.21. The first-order valence-electron chi connectivity index (χ1n) is 20.9. The minimum atomic E-state index is -1.44. The molecule has 2 aromatic carbocycles. The summed E-state index contributed by atoms with van der Waals surface area (Å²) in [5.41, 5.74) is 3.46. The lowest BCUT2D eigenvalue weighted by Crippen LogP contribution is -2.70. The molecule has 3 heterocycles. The third kappa shape index (κ3) is 9.23. The summed E-state index contributed by atoms with van der Waals surface area (Å²) in [6.07, 6.45) is 8.39. The molecule has 0 radical (unpaired) electrons. The Morgan fingerprint density at radius 1 is 1.05 bits per heavy atom. The van der Waals surface area contributed by atoms with E-state index in [1.54, 1.807) is 11.0 Å². The van der Waals surface area contributed by atoms with Crippen molar-refractivity contribution in [2.75, 3.05) is 71.9 Å². The lowest BCUT2D eigenvalue weighted by molar-refractivity contribution is -0.256. The number of ether oxygens (including phenoxy) is 6. The summed E-state index contributed by atoms with van der Waals surface area (Å²) in [5, 5.41) is 24.5. The van der Waals surface area contributed by atoms with Crippen molar-refractivity contribution in [3.8, 4) is 23.0 Å². The molecule has 2 N–H and O–H groups in total. The Bertz CT molecular complexity index is 1790. The molecule has 0 spiro atoms. The molecular weight excluding hydrogens is 766 g/mol. The average Bonchev–Trinajstić information content (AvgIpc) is 3.95. The number of aliphatic hydroxyl groups excluding tert-OH is 2. The average molecular weight is 824 g/mol. The van der Waals surface area contributed by atoms with Crippen molar-refractivity contribution < 1.29 is 48.3 Å². The Labute approximate surface area is 346 Å². The predicted molar refractivity (Wildman–Crippen MR) is 219 cm³/mol. The molecule has 14 heteroatoms. The van der Waals surface area contributed by atoms with Crippen LogP contribution in [0.15, 0.2) is 65.9 Å². The standard InChI is InChI=1S/C44H58ClN3O10/c1-3-21-56-44-40(48(43(51)53-22-15-45)28-30-11-13-38-39(24-30)55-29-54-38)27-36(46-57-4-2)34-25-31(9-5-7-19-49)33(10-6-8-20-50)41(42(34)44)35-26-32(12-14-37(35)58-44)52-23-18-47-16-17-47/h3,11-14,24-26,31,33,40-42,49-50H,1,4-10,15-23,27-29H2,2H3. The summed E-state index contributed by atoms with van der Waals surface area (Å²) in [7, 11) is 0. The summed E-state index contributed by atoms with van der Waals surface area (Å²) >= 11 is 6.09. The number of carbonyl (C=O) groups is 1. The molecule has 3 aliphatic heterocycles. The van der Waals surface area contributed by atoms with Gasteiger partial charge in [0.1, 0.15) is 37.4 Å². The van der Waals surface area contributed by atoms with Crippen LogP contribution in [0, 0.1) is 17.8 Å². The van der Waals surface area contributed by atoms with Crippen LogP contribution in [0.3, 0.4) is 0 Å². The summed E-state index contributed by atoms with van der Waals surface area (Å²) < 4.78 is 37.9. The van der Waals surface area contributed by atoms with Crippen LogP contribution in [0.2, 0.25) is 0 Å². The first kappa shape index (κ1) is 42.1. The van der Waals surface area contributed by atoms with Crippen molar-refractivity contribution in [2.24, 2.45) is 22.9 Å². The van der Waals surface area contributed by atoms with Crippen LogP contribution in [0.5, 0.6) is 23.0 Å². The van der Waals surface area contributed by atoms with E-state index >= 15 is 0 Å². The largest absolute Gasteiger partial charge is 0.492 e. The molecule has 0 aromatic heterocycles. The molecule has 7 rings (SSSR count). The monoisotopic (exact) mass is 823 g/mol. The molecule has 1 saturated carbocycles. The van der Waals surface area contributed by atoms with Gasteiger partial charge in [-0.3, -0.25) is 9.80 Å². The van der Waals surface area contributed by atoms with E-state index in [1.807, 2.05) is 37.3 Å². The van der Waals surface area contributed by atoms with E-state index in [0.717, 1.165) is 67.8 Å². The van der Waals surface area contributed by atoms with Crippen LogP contribution in [0.1, 0.15) is 68.9 Å². The Hall–Kier alpha value is -4.01. The predicted octanol–water partition coefficient (Wildman–Crippen LogP) is 6.64. The normalized spacial score (nSPS) is 25.9. The second-order valence-corrected chi connectivity index (χ2v) is 15.9. The van der Waals surface area contributed by atoms with Crippen molar-refractivity contribution >= 4 is 23.4 Å². The third-order valence-corrected chi connectivity index (χ3v) is 12.0. The fourth-order valence-corrected chi connectivity index (χ4v) is 9.29. The summed E-state index contributed by atoms with van der Waals surface area (Å²) in [4.78, 5) is 24.3. The molecule has 58 heavy (non-hydrogen) atoms. The maximum Gasteiger partial charge on any atom is 0.410 e. The van der Waals surface area contributed by atoms with Gasteiger partial charge in [-0.1, -0.05) is 36.2 Å². The number of halogens is 1. The maximum atomic E-state index is 14.5. The number of carbonyl (C=O) groups excluding carboxylic acids is 1. The summed E-state index contributed by atoms with van der Waals surface area (Å²) in [5.74, 6) is 0.883. The molecule has 5 aliphatic rings. The van der Waals surface area contributed by atoms with Crippen molar-refractivity contribution in [2.45, 2.75) is 76.2 Å². The zero-order valence-corrected chi connectivity index (χ0v) is 34.3. The van der Waals surface area contributed by atoms with Crippen LogP contribution in [0.25, 0.3) is 0 Å². The molecular formula is C44H58ClN3O10. The van der Waals surface area contributed by atoms with E-state index in [-0.39, 0.29) is 69.8 Å². The van der Waals surface area contributed by atoms with E-state index in [1.165, 1.54) is 0 Å². The third-order valence-electron chi connectivity index (χ3n) is 11.9. The van der Waals surface area contributed by atoms with E-state index < -0.39 is 23.8 Å². The van der Waals surface area contributed by atoms with Gasteiger partial charge in [0.15, 0.2) is 11.5 Å². The summed E-state index contributed by atoms with van der Waals surface area (Å²) in [6.45, 7) is 10.5. The smallest absolute Gasteiger partial charge is 0.410 e. The number of alkyl halides is 1. The number of oxime groups is 1. The molecule has 1 amide bonds. The number of nitrogens with zero attached hydrogens (tertiary/aromatic N) is 3. The number of rotatable bonds is 22. The van der Waals surface area contributed by atoms with Crippen LogP contribution in [-0.2, 0) is 20.9 Å². The second-order valence-electron chi connectivity index (χ2n) is 15.5. The zero-order valence-electron chi connectivity index (χ0n) is 33.5. The lowest BCUT2D eigenvalue weighted by Gasteiger charge is -2.59. The molecule has 316 valence electrons. The van der Waals surface area contributed by atoms with Crippen LogP contribution >= 0.6 is 11.6 Å². The number of fused-ring (bicyclic) bond motifs is 3. The van der Waals surface area contributed by atoms with Crippen LogP contribution < -0.4 is 18.9 Å². The number of unbranched alkanes of at least 4 members (excludes halogenated alkanes) is 2. The Morgan fingerprint density at radius 2 is 1.84 bits per heavy atom. The number of amides is 1. The lowest BCUT2D eigenvalue weighted by atomic mass is 9.55. The number of allylic oxidation sites excluding steroid dienone is 1. The van der Waals surface area contributed by atoms with Crippen LogP contribution in [0.4, 0.5) is 4.79 Å². The highest BCUT2D eigenvalue weighted by Gasteiger charge is 2.65. The minimum absolute atomic E-state index is 0.00897. The molecule has 0 bridgehead atoms. The van der Waals surface area contributed by atoms with E-state index in [4.69, 9.17) is 50.0 Å². The van der Waals surface area contributed by atoms with Crippen LogP contribution in [-0.4, -0.2) is 116 Å². The Kier molecular flexibility index (Phi) is 14.4. The first-order chi connectivity index (χ1) is 28.4. The van der Waals surface area contributed by atoms with Gasteiger partial charge < -0.3 is 43.5 Å². The molecule has 6 unspecified atom stereocenters. The fraction of sp³-hybridized carbons (Fsp3) is 0.591. The molecule has 13 nitrogen and oxygen atoms in total. The molecule has 2 aliphatic carbocycles. The van der Waals surface area contributed by atoms with E-state index in [0.29, 0.717) is 49.0 Å². The molecule has 2 fully saturated rings. The highest BCUT2D eigenvalue weighted by atomic mass is 35.5. The maximum absolute atomic E-state index is 14.5. The van der Waals surface area contributed by atoms with E-state index in [9.17, 15) is 15.0 Å². The molecule has 1 saturated heterocycles. The second kappa shape index (κ2) is 19.8. The quantitative estimate of drug-likeness (QED) is 0.0434. The van der Waals surface area contributed by atoms with Gasteiger partial charge >= 0.3 is 6.09 Å². The number of aliphatic hydroxyl groups is 2. The van der Waals surface area contributed by atoms with Gasteiger partial charge in [0.05, 0.1) is 24.1 Å². The van der Waals surface area contributed by atoms with Gasteiger partial charge in [-0.2, -0.15) is 0 Å². The van der Waals surface area contributed by atoms with Gasteiger partial charge in [-0.25, -0.2) is 4.79 Å². The SMILES string of the molecule is C=CCOC12Oc3ccc(OCCN4CC4)cc3C3C(CCCCO)C(CCCCO)C=C(C(=NOCC)CC1N(Cc1ccc4c(c1)OCO4)C(=O)OCCCl)C32. The van der Waals surface area contributed by atoms with Crippen molar-refractivity contribution in [3.63, 3.8) is 0 Å². The van der Waals surface area contributed by atoms with Gasteiger partial charge in [0, 0.05) is 57.3 Å². The number of hydrogen-bond acceptors (Lipinski definition) is 12. The van der Waals surface area contributed by atoms with Crippen molar-refractivity contribution in [1.82, 2.24) is 9.80 Å². The van der Waals surface area contributed by atoms with Gasteiger partial charge in [-0.15, -0.1) is 18.2 Å². The topological polar surface area (TPSA) is 141 Å². The highest BCUT2D eigenvalue weighted by molar-refractivity contribution is 6.18. The number of hydrogen-bond donors (Lipinski definition) is 2. The first-order valence-corrected chi connectivity index (χ1v) is 21.4. The van der Waals surface area contributed by atoms with E-state index in [2.05, 4.69) is 23.6 Å². The van der Waals surface area contributed by atoms with Crippen molar-refractivity contribution in [1.29, 1.82) is 0 Å². The Balaban J connectivity index is 1.41. The minimum Gasteiger partial charge on any atom is -0.492 e. The number of benzene rings is 2. The highest BCUT2D eigenvalue weighted by Crippen LogP contribution is 2.62. The Morgan fingerprint density at radius 3 is 2.60 bits per heavy atom. The summed E-state index contributed by atoms with van der Waals surface area (Å²) in [6, 6.07) is 10.9.